The van der Waals surface area contributed by atoms with Crippen molar-refractivity contribution in [2.24, 2.45) is 0 Å². The fraction of sp³-hybridized carbons (Fsp3) is 0.0455. The van der Waals surface area contributed by atoms with Gasteiger partial charge in [0.25, 0.3) is 0 Å². The van der Waals surface area contributed by atoms with Gasteiger partial charge in [0.05, 0.1) is 11.0 Å². The van der Waals surface area contributed by atoms with Crippen molar-refractivity contribution >= 4 is 16.8 Å². The van der Waals surface area contributed by atoms with Gasteiger partial charge in [0.2, 0.25) is 0 Å². The van der Waals surface area contributed by atoms with E-state index in [-0.39, 0.29) is 12.2 Å². The molecule has 4 rings (SSSR count). The molecule has 0 saturated heterocycles. The number of fused-ring (bicyclic) bond motifs is 1. The Morgan fingerprint density at radius 2 is 1.63 bits per heavy atom. The number of hydrogen-bond acceptors (Lipinski definition) is 4. The Morgan fingerprint density at radius 3 is 2.40 bits per heavy atom. The minimum atomic E-state index is -1.63. The minimum absolute atomic E-state index is 0.0949. The van der Waals surface area contributed by atoms with Crippen LogP contribution < -0.4 is 4.74 Å². The molecule has 0 amide bonds. The molecule has 0 aliphatic carbocycles. The molecule has 0 atom stereocenters. The maximum atomic E-state index is 14.9. The summed E-state index contributed by atoms with van der Waals surface area (Å²) in [5.41, 5.74) is -0.0217. The number of nitrogens with zero attached hydrogens (tertiary/aromatic N) is 2. The largest absolute Gasteiger partial charge is 0.486 e. The van der Waals surface area contributed by atoms with Crippen LogP contribution in [0.25, 0.3) is 11.0 Å². The van der Waals surface area contributed by atoms with E-state index in [1.54, 1.807) is 0 Å². The van der Waals surface area contributed by atoms with Crippen molar-refractivity contribution in [3.63, 3.8) is 0 Å². The SMILES string of the molecule is O=C(c1ccc2nccnc2c1)c1c(F)c(F)cc(OCc2cccc(F)c2)c1F. The molecule has 0 spiro atoms. The molecule has 0 aliphatic rings. The molecule has 0 unspecified atom stereocenters. The minimum Gasteiger partial charge on any atom is -0.486 e. The van der Waals surface area contributed by atoms with Gasteiger partial charge in [-0.15, -0.1) is 0 Å². The average molecular weight is 412 g/mol. The van der Waals surface area contributed by atoms with Crippen LogP contribution in [-0.2, 0) is 6.61 Å². The lowest BCUT2D eigenvalue weighted by atomic mass is 10.0. The highest BCUT2D eigenvalue weighted by Gasteiger charge is 2.26. The zero-order valence-corrected chi connectivity index (χ0v) is 15.2. The van der Waals surface area contributed by atoms with Gasteiger partial charge in [0.15, 0.2) is 29.0 Å². The lowest BCUT2D eigenvalue weighted by Crippen LogP contribution is -2.11. The normalized spacial score (nSPS) is 10.9. The summed E-state index contributed by atoms with van der Waals surface area (Å²) in [6.07, 6.45) is 2.86. The van der Waals surface area contributed by atoms with Crippen molar-refractivity contribution in [1.82, 2.24) is 9.97 Å². The topological polar surface area (TPSA) is 52.1 Å². The number of ether oxygens (including phenoxy) is 1. The van der Waals surface area contributed by atoms with Crippen LogP contribution in [0.1, 0.15) is 21.5 Å². The Bertz CT molecular complexity index is 1280. The van der Waals surface area contributed by atoms with Gasteiger partial charge in [0, 0.05) is 24.0 Å². The van der Waals surface area contributed by atoms with E-state index in [9.17, 15) is 22.4 Å². The molecule has 1 heterocycles. The highest BCUT2D eigenvalue weighted by Crippen LogP contribution is 2.29. The molecule has 0 saturated carbocycles. The predicted octanol–water partition coefficient (Wildman–Crippen LogP) is 5.00. The van der Waals surface area contributed by atoms with Crippen molar-refractivity contribution in [2.75, 3.05) is 0 Å². The molecule has 4 nitrogen and oxygen atoms in total. The maximum absolute atomic E-state index is 14.9. The first-order chi connectivity index (χ1) is 14.4. The quantitative estimate of drug-likeness (QED) is 0.263. The van der Waals surface area contributed by atoms with Crippen LogP contribution in [0.15, 0.2) is 60.9 Å². The number of benzene rings is 3. The van der Waals surface area contributed by atoms with E-state index in [0.717, 1.165) is 6.07 Å². The second-order valence-corrected chi connectivity index (χ2v) is 6.37. The first-order valence-electron chi connectivity index (χ1n) is 8.74. The van der Waals surface area contributed by atoms with Crippen molar-refractivity contribution < 1.29 is 27.1 Å². The van der Waals surface area contributed by atoms with Crippen molar-refractivity contribution in [2.45, 2.75) is 6.61 Å². The zero-order valence-electron chi connectivity index (χ0n) is 15.2. The third-order valence-corrected chi connectivity index (χ3v) is 4.36. The summed E-state index contributed by atoms with van der Waals surface area (Å²) in [6.45, 7) is -0.307. The van der Waals surface area contributed by atoms with Crippen LogP contribution in [0.4, 0.5) is 17.6 Å². The van der Waals surface area contributed by atoms with Gasteiger partial charge in [-0.1, -0.05) is 12.1 Å². The molecule has 8 heteroatoms. The average Bonchev–Trinajstić information content (AvgIpc) is 2.75. The molecule has 0 fully saturated rings. The Labute approximate surface area is 167 Å². The second kappa shape index (κ2) is 7.90. The molecule has 0 aliphatic heterocycles. The highest BCUT2D eigenvalue weighted by molar-refractivity contribution is 6.10. The van der Waals surface area contributed by atoms with E-state index >= 15 is 0 Å². The smallest absolute Gasteiger partial charge is 0.199 e. The first-order valence-corrected chi connectivity index (χ1v) is 8.74. The summed E-state index contributed by atoms with van der Waals surface area (Å²) in [7, 11) is 0. The number of carbonyl (C=O) groups excluding carboxylic acids is 1. The fourth-order valence-electron chi connectivity index (χ4n) is 2.92. The number of hydrogen-bond donors (Lipinski definition) is 0. The standard InChI is InChI=1S/C22H12F4N2O2/c23-14-3-1-2-12(8-14)11-30-18-10-15(24)20(25)19(21(18)26)22(29)13-4-5-16-17(9-13)28-7-6-27-16/h1-10H,11H2. The zero-order chi connectivity index (χ0) is 21.3. The third kappa shape index (κ3) is 3.71. The number of carbonyl (C=O) groups is 1. The third-order valence-electron chi connectivity index (χ3n) is 4.36. The van der Waals surface area contributed by atoms with E-state index in [1.165, 1.54) is 48.8 Å². The van der Waals surface area contributed by atoms with E-state index in [2.05, 4.69) is 9.97 Å². The number of rotatable bonds is 5. The first kappa shape index (κ1) is 19.5. The number of ketones is 1. The van der Waals surface area contributed by atoms with Crippen LogP contribution in [-0.4, -0.2) is 15.8 Å². The Hall–Kier alpha value is -3.81. The van der Waals surface area contributed by atoms with Gasteiger partial charge in [0.1, 0.15) is 18.0 Å². The van der Waals surface area contributed by atoms with Gasteiger partial charge in [-0.2, -0.15) is 0 Å². The molecule has 3 aromatic carbocycles. The maximum Gasteiger partial charge on any atom is 0.199 e. The fourth-order valence-corrected chi connectivity index (χ4v) is 2.92. The van der Waals surface area contributed by atoms with Gasteiger partial charge in [-0.3, -0.25) is 14.8 Å². The predicted molar refractivity (Wildman–Crippen MR) is 100 cm³/mol. The molecule has 4 aromatic rings. The molecule has 0 bridgehead atoms. The molecular weight excluding hydrogens is 400 g/mol. The van der Waals surface area contributed by atoms with Crippen molar-refractivity contribution in [3.05, 3.63) is 101 Å². The van der Waals surface area contributed by atoms with E-state index < -0.39 is 40.4 Å². The van der Waals surface area contributed by atoms with Crippen LogP contribution >= 0.6 is 0 Å². The molecule has 30 heavy (non-hydrogen) atoms. The Morgan fingerprint density at radius 1 is 0.867 bits per heavy atom. The molecule has 1 aromatic heterocycles. The molecular formula is C22H12F4N2O2. The van der Waals surface area contributed by atoms with Crippen LogP contribution in [0.2, 0.25) is 0 Å². The van der Waals surface area contributed by atoms with E-state index in [1.807, 2.05) is 0 Å². The van der Waals surface area contributed by atoms with Crippen LogP contribution in [0, 0.1) is 23.3 Å². The number of halogens is 4. The second-order valence-electron chi connectivity index (χ2n) is 6.37. The summed E-state index contributed by atoms with van der Waals surface area (Å²) >= 11 is 0. The summed E-state index contributed by atoms with van der Waals surface area (Å²) in [4.78, 5) is 20.8. The summed E-state index contributed by atoms with van der Waals surface area (Å²) in [5, 5.41) is 0. The van der Waals surface area contributed by atoms with Gasteiger partial charge in [-0.05, 0) is 35.9 Å². The van der Waals surface area contributed by atoms with E-state index in [4.69, 9.17) is 4.74 Å². The van der Waals surface area contributed by atoms with Crippen molar-refractivity contribution in [1.29, 1.82) is 0 Å². The summed E-state index contributed by atoms with van der Waals surface area (Å²) in [6, 6.07) is 9.90. The molecule has 150 valence electrons. The van der Waals surface area contributed by atoms with Crippen LogP contribution in [0.3, 0.4) is 0 Å². The number of aromatic nitrogens is 2. The summed E-state index contributed by atoms with van der Waals surface area (Å²) in [5.74, 6) is -6.70. The monoisotopic (exact) mass is 412 g/mol. The molecule has 0 N–H and O–H groups in total. The highest BCUT2D eigenvalue weighted by atomic mass is 19.2. The van der Waals surface area contributed by atoms with Gasteiger partial charge < -0.3 is 4.74 Å². The van der Waals surface area contributed by atoms with Gasteiger partial charge >= 0.3 is 0 Å². The summed E-state index contributed by atoms with van der Waals surface area (Å²) < 4.78 is 61.8. The Balaban J connectivity index is 1.70. The van der Waals surface area contributed by atoms with Crippen LogP contribution in [0.5, 0.6) is 5.75 Å². The Kier molecular flexibility index (Phi) is 5.14. The lowest BCUT2D eigenvalue weighted by Gasteiger charge is -2.12. The van der Waals surface area contributed by atoms with E-state index in [0.29, 0.717) is 22.7 Å². The van der Waals surface area contributed by atoms with Gasteiger partial charge in [-0.25, -0.2) is 17.6 Å². The molecule has 0 radical (unpaired) electrons. The lowest BCUT2D eigenvalue weighted by molar-refractivity contribution is 0.102. The van der Waals surface area contributed by atoms with Crippen molar-refractivity contribution in [3.8, 4) is 5.75 Å².